The largest absolute Gasteiger partial charge is 0.433 e. The van der Waals surface area contributed by atoms with Crippen molar-refractivity contribution in [1.82, 2.24) is 10.3 Å². The Morgan fingerprint density at radius 2 is 1.85 bits per heavy atom. The molecule has 2 N–H and O–H groups in total. The number of aliphatic hydroxyl groups is 1. The minimum atomic E-state index is -4.53. The van der Waals surface area contributed by atoms with Crippen LogP contribution < -0.4 is 5.32 Å². The molecular formula is C19H26F3N2OY-. The van der Waals surface area contributed by atoms with Gasteiger partial charge in [-0.2, -0.15) is 13.2 Å². The maximum absolute atomic E-state index is 13.0. The number of halogens is 3. The van der Waals surface area contributed by atoms with E-state index in [9.17, 15) is 18.3 Å². The van der Waals surface area contributed by atoms with E-state index in [2.05, 4.69) is 10.3 Å². The summed E-state index contributed by atoms with van der Waals surface area (Å²) in [7, 11) is 0. The number of benzene rings is 1. The second kappa shape index (κ2) is 11.3. The molecule has 0 bridgehead atoms. The van der Waals surface area contributed by atoms with E-state index in [-0.39, 0.29) is 57.3 Å². The van der Waals surface area contributed by atoms with Crippen molar-refractivity contribution >= 4 is 10.9 Å². The summed E-state index contributed by atoms with van der Waals surface area (Å²) in [6.45, 7) is 4.77. The number of nitrogens with zero attached hydrogens (tertiary/aromatic N) is 1. The molecule has 3 rings (SSSR count). The van der Waals surface area contributed by atoms with Gasteiger partial charge in [0.25, 0.3) is 0 Å². The number of piperidine rings is 1. The minimum Gasteiger partial charge on any atom is -0.387 e. The van der Waals surface area contributed by atoms with Gasteiger partial charge in [-0.3, -0.25) is 0 Å². The Bertz CT molecular complexity index is 673. The van der Waals surface area contributed by atoms with Crippen molar-refractivity contribution in [2.45, 2.75) is 51.4 Å². The van der Waals surface area contributed by atoms with Gasteiger partial charge in [0.1, 0.15) is 5.69 Å². The van der Waals surface area contributed by atoms with E-state index in [4.69, 9.17) is 0 Å². The first-order chi connectivity index (χ1) is 11.5. The second-order valence-electron chi connectivity index (χ2n) is 5.61. The van der Waals surface area contributed by atoms with Crippen molar-refractivity contribution in [1.29, 1.82) is 0 Å². The molecule has 2 unspecified atom stereocenters. The van der Waals surface area contributed by atoms with Gasteiger partial charge in [-0.15, -0.1) is 0 Å². The van der Waals surface area contributed by atoms with Crippen LogP contribution in [0.15, 0.2) is 30.3 Å². The summed E-state index contributed by atoms with van der Waals surface area (Å²) < 4.78 is 39.1. The second-order valence-corrected chi connectivity index (χ2v) is 5.61. The predicted octanol–water partition coefficient (Wildman–Crippen LogP) is 4.90. The summed E-state index contributed by atoms with van der Waals surface area (Å²) >= 11 is 0. The summed E-state index contributed by atoms with van der Waals surface area (Å²) in [5, 5.41) is 14.3. The van der Waals surface area contributed by atoms with Crippen molar-refractivity contribution in [2.75, 3.05) is 6.54 Å². The Balaban J connectivity index is 0.00000151. The number of aliphatic hydroxyl groups excluding tert-OH is 1. The molecule has 0 aliphatic carbocycles. The van der Waals surface area contributed by atoms with Gasteiger partial charge < -0.3 is 17.8 Å². The van der Waals surface area contributed by atoms with Crippen LogP contribution in [0.3, 0.4) is 0 Å². The van der Waals surface area contributed by atoms with E-state index in [0.29, 0.717) is 5.39 Å². The zero-order valence-corrected chi connectivity index (χ0v) is 18.3. The van der Waals surface area contributed by atoms with Crippen molar-refractivity contribution in [2.24, 2.45) is 0 Å². The fourth-order valence-corrected chi connectivity index (χ4v) is 2.96. The SMILES string of the molecule is CC.OC(c1cc(C(F)(F)F)nc2ccccc12)C1CCCCN1.[CH3-].[Y]. The predicted molar refractivity (Wildman–Crippen MR) is 95.1 cm³/mol. The Morgan fingerprint density at radius 1 is 1.19 bits per heavy atom. The third-order valence-corrected chi connectivity index (χ3v) is 4.09. The molecule has 143 valence electrons. The van der Waals surface area contributed by atoms with Crippen LogP contribution in [0, 0.1) is 7.43 Å². The first-order valence-electron chi connectivity index (χ1n) is 8.35. The Morgan fingerprint density at radius 3 is 2.42 bits per heavy atom. The van der Waals surface area contributed by atoms with Gasteiger partial charge in [-0.05, 0) is 37.1 Å². The molecule has 2 aromatic rings. The summed E-state index contributed by atoms with van der Waals surface area (Å²) in [5.74, 6) is 0. The van der Waals surface area contributed by atoms with Crippen molar-refractivity contribution < 1.29 is 51.0 Å². The summed E-state index contributed by atoms with van der Waals surface area (Å²) in [5.41, 5.74) is -0.421. The molecule has 1 aromatic carbocycles. The molecule has 7 heteroatoms. The first-order valence-corrected chi connectivity index (χ1v) is 8.35. The monoisotopic (exact) mass is 444 g/mol. The van der Waals surface area contributed by atoms with Crippen LogP contribution >= 0.6 is 0 Å². The number of para-hydroxylation sites is 1. The molecular weight excluding hydrogens is 418 g/mol. The molecule has 1 aromatic heterocycles. The molecule has 0 saturated carbocycles. The fraction of sp³-hybridized carbons (Fsp3) is 0.474. The first kappa shape index (κ1) is 25.4. The number of hydrogen-bond acceptors (Lipinski definition) is 3. The van der Waals surface area contributed by atoms with Gasteiger partial charge in [0.15, 0.2) is 0 Å². The Kier molecular flexibility index (Phi) is 11.1. The van der Waals surface area contributed by atoms with Crippen LogP contribution in [0.4, 0.5) is 13.2 Å². The number of aromatic nitrogens is 1. The Hall–Kier alpha value is -0.556. The van der Waals surface area contributed by atoms with Gasteiger partial charge in [0, 0.05) is 44.1 Å². The third kappa shape index (κ3) is 5.98. The summed E-state index contributed by atoms with van der Waals surface area (Å²) in [6.07, 6.45) is -2.77. The van der Waals surface area contributed by atoms with Crippen molar-refractivity contribution in [3.63, 3.8) is 0 Å². The van der Waals surface area contributed by atoms with E-state index in [1.165, 1.54) is 6.07 Å². The zero-order valence-electron chi connectivity index (χ0n) is 15.5. The van der Waals surface area contributed by atoms with E-state index in [1.54, 1.807) is 18.2 Å². The number of hydrogen-bond donors (Lipinski definition) is 2. The molecule has 2 heterocycles. The molecule has 3 nitrogen and oxygen atoms in total. The van der Waals surface area contributed by atoms with Crippen LogP contribution in [0.2, 0.25) is 0 Å². The maximum atomic E-state index is 13.0. The van der Waals surface area contributed by atoms with E-state index < -0.39 is 18.0 Å². The van der Waals surface area contributed by atoms with Gasteiger partial charge in [-0.1, -0.05) is 38.5 Å². The van der Waals surface area contributed by atoms with Crippen molar-refractivity contribution in [3.8, 4) is 0 Å². The van der Waals surface area contributed by atoms with Gasteiger partial charge in [0.2, 0.25) is 0 Å². The molecule has 0 amide bonds. The minimum absolute atomic E-state index is 0. The topological polar surface area (TPSA) is 45.2 Å². The molecule has 1 radical (unpaired) electrons. The molecule has 26 heavy (non-hydrogen) atoms. The zero-order chi connectivity index (χ0) is 17.7. The maximum Gasteiger partial charge on any atom is 0.433 e. The van der Waals surface area contributed by atoms with E-state index in [0.717, 1.165) is 31.9 Å². The number of alkyl halides is 3. The van der Waals surface area contributed by atoms with Gasteiger partial charge in [-0.25, -0.2) is 4.98 Å². The smallest absolute Gasteiger partial charge is 0.387 e. The van der Waals surface area contributed by atoms with Crippen LogP contribution in [0.1, 0.15) is 50.5 Å². The van der Waals surface area contributed by atoms with Gasteiger partial charge in [0.05, 0.1) is 11.6 Å². The summed E-state index contributed by atoms with van der Waals surface area (Å²) in [6, 6.07) is 7.37. The standard InChI is InChI=1S/C16H17F3N2O.C2H6.CH3.Y/c17-16(18,19)14-9-11(10-5-1-2-6-12(10)21-14)15(22)13-7-3-4-8-20-13;1-2;;/h1-2,5-6,9,13,15,20,22H,3-4,7-8H2;1-2H3;1H3;/q;;-1;. The average molecular weight is 444 g/mol. The molecule has 1 aliphatic rings. The van der Waals surface area contributed by atoms with E-state index >= 15 is 0 Å². The van der Waals surface area contributed by atoms with Gasteiger partial charge >= 0.3 is 6.18 Å². The molecule has 1 fully saturated rings. The third-order valence-electron chi connectivity index (χ3n) is 4.09. The molecule has 2 atom stereocenters. The van der Waals surface area contributed by atoms with Crippen molar-refractivity contribution in [3.05, 3.63) is 49.0 Å². The quantitative estimate of drug-likeness (QED) is 0.648. The number of fused-ring (bicyclic) bond motifs is 1. The molecule has 0 spiro atoms. The number of nitrogens with one attached hydrogen (secondary N) is 1. The van der Waals surface area contributed by atoms with Crippen LogP contribution in [0.25, 0.3) is 10.9 Å². The van der Waals surface area contributed by atoms with Crippen LogP contribution in [-0.2, 0) is 38.9 Å². The average Bonchev–Trinajstić information content (AvgIpc) is 2.62. The number of rotatable bonds is 2. The van der Waals surface area contributed by atoms with Crippen LogP contribution in [-0.4, -0.2) is 22.7 Å². The summed E-state index contributed by atoms with van der Waals surface area (Å²) in [4.78, 5) is 3.68. The van der Waals surface area contributed by atoms with E-state index in [1.807, 2.05) is 13.8 Å². The fourth-order valence-electron chi connectivity index (χ4n) is 2.96. The number of pyridine rings is 1. The molecule has 1 aliphatic heterocycles. The molecule has 1 saturated heterocycles. The normalized spacial score (nSPS) is 18.0. The Labute approximate surface area is 178 Å². The van der Waals surface area contributed by atoms with Crippen LogP contribution in [0.5, 0.6) is 0 Å².